The standard InChI is InChI=1S/C18H18N2O3/c1-22-17-11-10-16(20-13-17)9-5-6-12-19-18(21)23-14-15-7-3-2-4-8-15/h2-4,7-8,10-11,13H,6,12,14H2,1H3,(H,19,21). The van der Waals surface area contributed by atoms with Gasteiger partial charge in [-0.3, -0.25) is 0 Å². The molecule has 0 aliphatic carbocycles. The molecule has 0 aliphatic heterocycles. The lowest BCUT2D eigenvalue weighted by Gasteiger charge is -2.05. The Morgan fingerprint density at radius 3 is 2.74 bits per heavy atom. The number of carbonyl (C=O) groups excluding carboxylic acids is 1. The highest BCUT2D eigenvalue weighted by Gasteiger charge is 2.00. The van der Waals surface area contributed by atoms with Crippen LogP contribution in [0.15, 0.2) is 48.7 Å². The first kappa shape index (κ1) is 16.4. The Morgan fingerprint density at radius 1 is 1.22 bits per heavy atom. The van der Waals surface area contributed by atoms with Crippen molar-refractivity contribution in [3.05, 3.63) is 59.9 Å². The third-order valence-corrected chi connectivity index (χ3v) is 2.92. The van der Waals surface area contributed by atoms with E-state index in [1.807, 2.05) is 30.3 Å². The lowest BCUT2D eigenvalue weighted by atomic mass is 10.2. The van der Waals surface area contributed by atoms with Gasteiger partial charge in [0.2, 0.25) is 0 Å². The highest BCUT2D eigenvalue weighted by atomic mass is 16.5. The van der Waals surface area contributed by atoms with Gasteiger partial charge in [-0.25, -0.2) is 9.78 Å². The fraction of sp³-hybridized carbons (Fsp3) is 0.222. The van der Waals surface area contributed by atoms with Gasteiger partial charge in [-0.1, -0.05) is 36.3 Å². The zero-order valence-corrected chi connectivity index (χ0v) is 12.9. The summed E-state index contributed by atoms with van der Waals surface area (Å²) in [5, 5.41) is 2.65. The maximum atomic E-state index is 11.5. The van der Waals surface area contributed by atoms with Crippen molar-refractivity contribution in [1.29, 1.82) is 0 Å². The fourth-order valence-corrected chi connectivity index (χ4v) is 1.73. The molecule has 0 spiro atoms. The number of hydrogen-bond donors (Lipinski definition) is 1. The van der Waals surface area contributed by atoms with Crippen molar-refractivity contribution < 1.29 is 14.3 Å². The number of nitrogens with one attached hydrogen (secondary N) is 1. The van der Waals surface area contributed by atoms with Gasteiger partial charge in [0, 0.05) is 13.0 Å². The summed E-state index contributed by atoms with van der Waals surface area (Å²) in [6, 6.07) is 13.1. The molecule has 118 valence electrons. The summed E-state index contributed by atoms with van der Waals surface area (Å²) in [7, 11) is 1.59. The minimum absolute atomic E-state index is 0.258. The summed E-state index contributed by atoms with van der Waals surface area (Å²) in [6.07, 6.45) is 1.69. The zero-order chi connectivity index (χ0) is 16.3. The van der Waals surface area contributed by atoms with Gasteiger partial charge < -0.3 is 14.8 Å². The van der Waals surface area contributed by atoms with Crippen LogP contribution in [0.3, 0.4) is 0 Å². The molecule has 1 aromatic carbocycles. The normalized spacial score (nSPS) is 9.43. The van der Waals surface area contributed by atoms with Crippen molar-refractivity contribution in [3.8, 4) is 17.6 Å². The van der Waals surface area contributed by atoms with Crippen LogP contribution in [0, 0.1) is 11.8 Å². The Morgan fingerprint density at radius 2 is 2.04 bits per heavy atom. The molecule has 0 aliphatic rings. The van der Waals surface area contributed by atoms with Gasteiger partial charge in [0.15, 0.2) is 0 Å². The SMILES string of the molecule is COc1ccc(C#CCCNC(=O)OCc2ccccc2)nc1. The third-order valence-electron chi connectivity index (χ3n) is 2.92. The second kappa shape index (κ2) is 9.11. The number of ether oxygens (including phenoxy) is 2. The van der Waals surface area contributed by atoms with Crippen molar-refractivity contribution in [2.45, 2.75) is 13.0 Å². The molecule has 1 amide bonds. The maximum Gasteiger partial charge on any atom is 0.407 e. The Labute approximate surface area is 135 Å². The Balaban J connectivity index is 1.65. The molecule has 2 aromatic rings. The first-order chi connectivity index (χ1) is 11.3. The van der Waals surface area contributed by atoms with Gasteiger partial charge in [-0.05, 0) is 23.6 Å². The summed E-state index contributed by atoms with van der Waals surface area (Å²) >= 11 is 0. The molecule has 0 saturated carbocycles. The van der Waals surface area contributed by atoms with Crippen LogP contribution in [0.1, 0.15) is 17.7 Å². The van der Waals surface area contributed by atoms with Gasteiger partial charge >= 0.3 is 6.09 Å². The molecule has 0 bridgehead atoms. The van der Waals surface area contributed by atoms with E-state index in [0.717, 1.165) is 5.56 Å². The number of nitrogens with zero attached hydrogens (tertiary/aromatic N) is 1. The number of amides is 1. The number of methoxy groups -OCH3 is 1. The van der Waals surface area contributed by atoms with Crippen LogP contribution in [-0.2, 0) is 11.3 Å². The lowest BCUT2D eigenvalue weighted by molar-refractivity contribution is 0.140. The smallest absolute Gasteiger partial charge is 0.407 e. The predicted octanol–water partition coefficient (Wildman–Crippen LogP) is 2.76. The molecule has 0 unspecified atom stereocenters. The number of hydrogen-bond acceptors (Lipinski definition) is 4. The number of aromatic nitrogens is 1. The van der Waals surface area contributed by atoms with E-state index < -0.39 is 6.09 Å². The van der Waals surface area contributed by atoms with E-state index in [0.29, 0.717) is 24.4 Å². The molecule has 5 nitrogen and oxygen atoms in total. The molecule has 2 rings (SSSR count). The third kappa shape index (κ3) is 6.10. The molecular weight excluding hydrogens is 292 g/mol. The van der Waals surface area contributed by atoms with E-state index in [4.69, 9.17) is 9.47 Å². The topological polar surface area (TPSA) is 60.5 Å². The van der Waals surface area contributed by atoms with Crippen LogP contribution in [-0.4, -0.2) is 24.7 Å². The average molecular weight is 310 g/mol. The van der Waals surface area contributed by atoms with E-state index in [1.54, 1.807) is 25.4 Å². The van der Waals surface area contributed by atoms with E-state index in [1.165, 1.54) is 0 Å². The minimum atomic E-state index is -0.446. The zero-order valence-electron chi connectivity index (χ0n) is 12.9. The minimum Gasteiger partial charge on any atom is -0.495 e. The molecule has 0 atom stereocenters. The molecule has 0 saturated heterocycles. The quantitative estimate of drug-likeness (QED) is 0.681. The summed E-state index contributed by atoms with van der Waals surface area (Å²) in [6.45, 7) is 0.685. The monoisotopic (exact) mass is 310 g/mol. The molecule has 1 heterocycles. The second-order valence-electron chi connectivity index (χ2n) is 4.62. The number of benzene rings is 1. The molecule has 23 heavy (non-hydrogen) atoms. The Bertz CT molecular complexity index is 673. The van der Waals surface area contributed by atoms with Crippen LogP contribution >= 0.6 is 0 Å². The van der Waals surface area contributed by atoms with Crippen molar-refractivity contribution in [1.82, 2.24) is 10.3 Å². The molecule has 5 heteroatoms. The van der Waals surface area contributed by atoms with Crippen LogP contribution in [0.5, 0.6) is 5.75 Å². The molecule has 1 aromatic heterocycles. The summed E-state index contributed by atoms with van der Waals surface area (Å²) in [5.41, 5.74) is 1.62. The largest absolute Gasteiger partial charge is 0.495 e. The van der Waals surface area contributed by atoms with E-state index in [9.17, 15) is 4.79 Å². The molecule has 0 radical (unpaired) electrons. The van der Waals surface area contributed by atoms with Crippen molar-refractivity contribution in [3.63, 3.8) is 0 Å². The number of carbonyl (C=O) groups is 1. The summed E-state index contributed by atoms with van der Waals surface area (Å²) in [5.74, 6) is 6.56. The van der Waals surface area contributed by atoms with Gasteiger partial charge in [-0.2, -0.15) is 0 Å². The Kier molecular flexibility index (Phi) is 6.48. The van der Waals surface area contributed by atoms with Crippen molar-refractivity contribution in [2.24, 2.45) is 0 Å². The first-order valence-electron chi connectivity index (χ1n) is 7.21. The van der Waals surface area contributed by atoms with Crippen molar-refractivity contribution >= 4 is 6.09 Å². The molecular formula is C18H18N2O3. The number of rotatable bonds is 5. The fourth-order valence-electron chi connectivity index (χ4n) is 1.73. The number of alkyl carbamates (subject to hydrolysis) is 1. The van der Waals surface area contributed by atoms with E-state index in [2.05, 4.69) is 22.1 Å². The van der Waals surface area contributed by atoms with Gasteiger partial charge in [0.05, 0.1) is 13.3 Å². The summed E-state index contributed by atoms with van der Waals surface area (Å²) in [4.78, 5) is 15.6. The van der Waals surface area contributed by atoms with Crippen LogP contribution < -0.4 is 10.1 Å². The van der Waals surface area contributed by atoms with Crippen LogP contribution in [0.25, 0.3) is 0 Å². The van der Waals surface area contributed by atoms with Crippen LogP contribution in [0.4, 0.5) is 4.79 Å². The van der Waals surface area contributed by atoms with Crippen LogP contribution in [0.2, 0.25) is 0 Å². The van der Waals surface area contributed by atoms with Crippen molar-refractivity contribution in [2.75, 3.05) is 13.7 Å². The second-order valence-corrected chi connectivity index (χ2v) is 4.62. The lowest BCUT2D eigenvalue weighted by Crippen LogP contribution is -2.24. The highest BCUT2D eigenvalue weighted by Crippen LogP contribution is 2.06. The van der Waals surface area contributed by atoms with Gasteiger partial charge in [-0.15, -0.1) is 0 Å². The number of pyridine rings is 1. The Hall–Kier alpha value is -3.00. The van der Waals surface area contributed by atoms with Gasteiger partial charge in [0.25, 0.3) is 0 Å². The van der Waals surface area contributed by atoms with E-state index in [-0.39, 0.29) is 6.61 Å². The molecule has 0 fully saturated rings. The average Bonchev–Trinajstić information content (AvgIpc) is 2.61. The molecule has 1 N–H and O–H groups in total. The first-order valence-corrected chi connectivity index (χ1v) is 7.21. The maximum absolute atomic E-state index is 11.5. The van der Waals surface area contributed by atoms with Gasteiger partial charge in [0.1, 0.15) is 18.1 Å². The predicted molar refractivity (Wildman–Crippen MR) is 86.9 cm³/mol. The van der Waals surface area contributed by atoms with E-state index >= 15 is 0 Å². The highest BCUT2D eigenvalue weighted by molar-refractivity contribution is 5.67. The summed E-state index contributed by atoms with van der Waals surface area (Å²) < 4.78 is 10.1.